The molecular formula is C13H14N6O. The maximum absolute atomic E-state index is 5.29. The number of hydrogen-bond acceptors (Lipinski definition) is 5. The lowest BCUT2D eigenvalue weighted by atomic mass is 10.4. The van der Waals surface area contributed by atoms with E-state index in [1.807, 2.05) is 33.2 Å². The molecule has 20 heavy (non-hydrogen) atoms. The van der Waals surface area contributed by atoms with Crippen molar-refractivity contribution in [2.45, 2.75) is 13.8 Å². The zero-order chi connectivity index (χ0) is 14.1. The number of fused-ring (bicyclic) bond motifs is 3. The number of rotatable bonds is 1. The highest BCUT2D eigenvalue weighted by molar-refractivity contribution is 5.88. The molecule has 0 spiro atoms. The molecule has 7 nitrogen and oxygen atoms in total. The van der Waals surface area contributed by atoms with Crippen molar-refractivity contribution in [2.75, 3.05) is 0 Å². The molecule has 102 valence electrons. The van der Waals surface area contributed by atoms with Gasteiger partial charge in [0.2, 0.25) is 5.82 Å². The maximum Gasteiger partial charge on any atom is 0.217 e. The Kier molecular flexibility index (Phi) is 2.94. The summed E-state index contributed by atoms with van der Waals surface area (Å²) in [6.07, 6.45) is 5.07. The van der Waals surface area contributed by atoms with Crippen LogP contribution in [0.2, 0.25) is 0 Å². The van der Waals surface area contributed by atoms with Gasteiger partial charge in [0.25, 0.3) is 0 Å². The van der Waals surface area contributed by atoms with Crippen molar-refractivity contribution >= 4 is 16.7 Å². The first-order valence-electron chi connectivity index (χ1n) is 6.40. The van der Waals surface area contributed by atoms with Gasteiger partial charge in [0.15, 0.2) is 17.1 Å². The van der Waals surface area contributed by atoms with Gasteiger partial charge in [-0.3, -0.25) is 4.68 Å². The highest BCUT2D eigenvalue weighted by Crippen LogP contribution is 2.20. The number of furan rings is 1. The summed E-state index contributed by atoms with van der Waals surface area (Å²) in [6, 6.07) is 3.63. The van der Waals surface area contributed by atoms with Gasteiger partial charge in [0, 0.05) is 13.2 Å². The molecule has 4 rings (SSSR count). The lowest BCUT2D eigenvalue weighted by Gasteiger charge is -1.88. The number of aromatic nitrogens is 6. The Labute approximate surface area is 114 Å². The summed E-state index contributed by atoms with van der Waals surface area (Å²) < 4.78 is 8.62. The Morgan fingerprint density at radius 2 is 2.05 bits per heavy atom. The zero-order valence-electron chi connectivity index (χ0n) is 11.5. The molecular weight excluding hydrogens is 256 g/mol. The van der Waals surface area contributed by atoms with Crippen molar-refractivity contribution in [3.05, 3.63) is 30.9 Å². The molecule has 4 aromatic heterocycles. The lowest BCUT2D eigenvalue weighted by Crippen LogP contribution is -1.90. The van der Waals surface area contributed by atoms with E-state index >= 15 is 0 Å². The molecule has 4 heterocycles. The second-order valence-corrected chi connectivity index (χ2v) is 3.97. The van der Waals surface area contributed by atoms with Crippen molar-refractivity contribution in [1.82, 2.24) is 29.4 Å². The van der Waals surface area contributed by atoms with Crippen LogP contribution in [-0.2, 0) is 7.05 Å². The molecule has 0 N–H and O–H groups in total. The van der Waals surface area contributed by atoms with Crippen LogP contribution >= 0.6 is 0 Å². The van der Waals surface area contributed by atoms with Crippen LogP contribution in [0.4, 0.5) is 0 Å². The van der Waals surface area contributed by atoms with E-state index in [1.54, 1.807) is 27.9 Å². The first-order chi connectivity index (χ1) is 9.81. The smallest absolute Gasteiger partial charge is 0.217 e. The zero-order valence-corrected chi connectivity index (χ0v) is 11.5. The van der Waals surface area contributed by atoms with E-state index in [0.29, 0.717) is 17.2 Å². The Morgan fingerprint density at radius 1 is 1.20 bits per heavy atom. The highest BCUT2D eigenvalue weighted by Gasteiger charge is 2.13. The van der Waals surface area contributed by atoms with Gasteiger partial charge < -0.3 is 4.42 Å². The minimum Gasteiger partial charge on any atom is -0.461 e. The van der Waals surface area contributed by atoms with E-state index < -0.39 is 0 Å². The van der Waals surface area contributed by atoms with Gasteiger partial charge in [-0.1, -0.05) is 13.8 Å². The fourth-order valence-electron chi connectivity index (χ4n) is 1.94. The van der Waals surface area contributed by atoms with E-state index in [-0.39, 0.29) is 0 Å². The van der Waals surface area contributed by atoms with Crippen molar-refractivity contribution in [2.24, 2.45) is 7.05 Å². The fraction of sp³-hybridized carbons (Fsp3) is 0.231. The molecule has 4 aromatic rings. The topological polar surface area (TPSA) is 74.0 Å². The first-order valence-corrected chi connectivity index (χ1v) is 6.40. The lowest BCUT2D eigenvalue weighted by molar-refractivity contribution is 0.577. The normalized spacial score (nSPS) is 10.8. The summed E-state index contributed by atoms with van der Waals surface area (Å²) >= 11 is 0. The Bertz CT molecular complexity index is 843. The van der Waals surface area contributed by atoms with Crippen LogP contribution in [-0.4, -0.2) is 29.4 Å². The molecule has 0 unspecified atom stereocenters. The molecule has 0 aliphatic heterocycles. The van der Waals surface area contributed by atoms with Crippen LogP contribution in [0.3, 0.4) is 0 Å². The quantitative estimate of drug-likeness (QED) is 0.530. The molecule has 0 radical (unpaired) electrons. The van der Waals surface area contributed by atoms with Gasteiger partial charge in [-0.05, 0) is 12.1 Å². The van der Waals surface area contributed by atoms with Crippen LogP contribution in [0, 0.1) is 0 Å². The molecule has 0 aliphatic carbocycles. The number of nitrogens with zero attached hydrogens (tertiary/aromatic N) is 6. The molecule has 0 bridgehead atoms. The summed E-state index contributed by atoms with van der Waals surface area (Å²) in [6.45, 7) is 4.00. The van der Waals surface area contributed by atoms with Gasteiger partial charge >= 0.3 is 0 Å². The largest absolute Gasteiger partial charge is 0.461 e. The van der Waals surface area contributed by atoms with E-state index in [2.05, 4.69) is 20.2 Å². The Balaban J connectivity index is 0.000000581. The van der Waals surface area contributed by atoms with Crippen LogP contribution in [0.5, 0.6) is 0 Å². The van der Waals surface area contributed by atoms with Crippen LogP contribution in [0.15, 0.2) is 35.3 Å². The highest BCUT2D eigenvalue weighted by atomic mass is 16.3. The van der Waals surface area contributed by atoms with Gasteiger partial charge in [0.05, 0.1) is 11.6 Å². The average molecular weight is 270 g/mol. The summed E-state index contributed by atoms with van der Waals surface area (Å²) in [7, 11) is 1.85. The summed E-state index contributed by atoms with van der Waals surface area (Å²) in [5, 5.41) is 9.43. The monoisotopic (exact) mass is 270 g/mol. The van der Waals surface area contributed by atoms with E-state index in [4.69, 9.17) is 4.42 Å². The van der Waals surface area contributed by atoms with Crippen molar-refractivity contribution < 1.29 is 4.42 Å². The molecule has 7 heteroatoms. The predicted octanol–water partition coefficient (Wildman–Crippen LogP) is 2.30. The predicted molar refractivity (Wildman–Crippen MR) is 74.1 cm³/mol. The van der Waals surface area contributed by atoms with Gasteiger partial charge in [0.1, 0.15) is 6.33 Å². The SMILES string of the molecule is CC.Cn1cc2c(ncn3nc(-c4ccco4)nc23)n1. The standard InChI is InChI=1S/C11H8N6O.C2H6/c1-16-5-7-9(14-16)12-6-17-11(7)13-10(15-17)8-3-2-4-18-8;1-2/h2-6H,1H3;1-2H3. The summed E-state index contributed by atoms with van der Waals surface area (Å²) in [5.41, 5.74) is 1.38. The van der Waals surface area contributed by atoms with Crippen molar-refractivity contribution in [1.29, 1.82) is 0 Å². The first kappa shape index (κ1) is 12.3. The third-order valence-electron chi connectivity index (χ3n) is 2.71. The molecule has 0 amide bonds. The summed E-state index contributed by atoms with van der Waals surface area (Å²) in [4.78, 5) is 8.68. The van der Waals surface area contributed by atoms with E-state index in [0.717, 1.165) is 11.0 Å². The van der Waals surface area contributed by atoms with Crippen LogP contribution in [0.25, 0.3) is 28.3 Å². The van der Waals surface area contributed by atoms with Crippen LogP contribution in [0.1, 0.15) is 13.8 Å². The van der Waals surface area contributed by atoms with Gasteiger partial charge in [-0.25, -0.2) is 14.5 Å². The average Bonchev–Trinajstić information content (AvgIpc) is 3.17. The second-order valence-electron chi connectivity index (χ2n) is 3.97. The maximum atomic E-state index is 5.29. The van der Waals surface area contributed by atoms with E-state index in [1.165, 1.54) is 0 Å². The molecule has 0 aromatic carbocycles. The third kappa shape index (κ3) is 1.83. The Morgan fingerprint density at radius 3 is 2.80 bits per heavy atom. The third-order valence-corrected chi connectivity index (χ3v) is 2.71. The van der Waals surface area contributed by atoms with E-state index in [9.17, 15) is 0 Å². The Hall–Kier alpha value is -2.70. The van der Waals surface area contributed by atoms with Crippen molar-refractivity contribution in [3.8, 4) is 11.6 Å². The fourth-order valence-corrected chi connectivity index (χ4v) is 1.94. The molecule has 0 aliphatic rings. The van der Waals surface area contributed by atoms with Gasteiger partial charge in [-0.2, -0.15) is 5.10 Å². The molecule has 0 atom stereocenters. The minimum atomic E-state index is 0.540. The molecule has 0 fully saturated rings. The molecule has 0 saturated heterocycles. The number of aryl methyl sites for hydroxylation is 1. The van der Waals surface area contributed by atoms with Gasteiger partial charge in [-0.15, -0.1) is 5.10 Å². The summed E-state index contributed by atoms with van der Waals surface area (Å²) in [5.74, 6) is 1.17. The number of hydrogen-bond donors (Lipinski definition) is 0. The molecule has 0 saturated carbocycles. The minimum absolute atomic E-state index is 0.540. The van der Waals surface area contributed by atoms with Crippen molar-refractivity contribution in [3.63, 3.8) is 0 Å². The van der Waals surface area contributed by atoms with Crippen LogP contribution < -0.4 is 0 Å². The second kappa shape index (κ2) is 4.76.